The first-order valence-electron chi connectivity index (χ1n) is 6.45. The summed E-state index contributed by atoms with van der Waals surface area (Å²) in [5, 5.41) is 2.62. The number of carbonyl (C=O) groups is 2. The molecule has 1 fully saturated rings. The first kappa shape index (κ1) is 15.7. The third kappa shape index (κ3) is 6.54. The lowest BCUT2D eigenvalue weighted by molar-refractivity contribution is -0.143. The van der Waals surface area contributed by atoms with Crippen LogP contribution in [0.5, 0.6) is 0 Å². The quantitative estimate of drug-likeness (QED) is 0.636. The molecule has 1 saturated heterocycles. The Kier molecular flexibility index (Phi) is 8.33. The van der Waals surface area contributed by atoms with Gasteiger partial charge >= 0.3 is 5.97 Å². The van der Waals surface area contributed by atoms with E-state index in [0.717, 1.165) is 18.6 Å². The average Bonchev–Trinajstić information content (AvgIpc) is 2.49. The maximum Gasteiger partial charge on any atom is 0.325 e. The number of ether oxygens (including phenoxy) is 1. The monoisotopic (exact) mass is 291 g/mol. The van der Waals surface area contributed by atoms with Crippen molar-refractivity contribution in [3.63, 3.8) is 0 Å². The molecule has 4 nitrogen and oxygen atoms in total. The lowest BCUT2D eigenvalue weighted by atomic mass is 10.1. The highest BCUT2D eigenvalue weighted by molar-refractivity contribution is 8.77. The van der Waals surface area contributed by atoms with Gasteiger partial charge in [-0.25, -0.2) is 0 Å². The van der Waals surface area contributed by atoms with Gasteiger partial charge in [-0.2, -0.15) is 0 Å². The van der Waals surface area contributed by atoms with Gasteiger partial charge < -0.3 is 10.1 Å². The van der Waals surface area contributed by atoms with Gasteiger partial charge in [-0.3, -0.25) is 9.59 Å². The van der Waals surface area contributed by atoms with E-state index < -0.39 is 0 Å². The first-order valence-corrected chi connectivity index (χ1v) is 8.84. The fourth-order valence-corrected chi connectivity index (χ4v) is 4.38. The predicted octanol–water partition coefficient (Wildman–Crippen LogP) is 2.38. The van der Waals surface area contributed by atoms with Gasteiger partial charge in [0.05, 0.1) is 11.9 Å². The molecule has 1 rings (SSSR count). The molecule has 1 atom stereocenters. The molecule has 6 heteroatoms. The van der Waals surface area contributed by atoms with Crippen LogP contribution in [0.4, 0.5) is 0 Å². The summed E-state index contributed by atoms with van der Waals surface area (Å²) in [5.41, 5.74) is 0. The Balaban J connectivity index is 2.30. The molecule has 0 spiro atoms. The molecule has 0 aromatic carbocycles. The lowest BCUT2D eigenvalue weighted by Crippen LogP contribution is -2.36. The van der Waals surface area contributed by atoms with Crippen LogP contribution in [-0.2, 0) is 14.3 Å². The number of amides is 1. The van der Waals surface area contributed by atoms with Gasteiger partial charge in [-0.05, 0) is 19.8 Å². The Hall–Kier alpha value is -0.360. The van der Waals surface area contributed by atoms with Gasteiger partial charge in [0, 0.05) is 5.75 Å². The van der Waals surface area contributed by atoms with Crippen molar-refractivity contribution in [3.8, 4) is 0 Å². The maximum atomic E-state index is 11.9. The minimum absolute atomic E-state index is 0.0194. The SMILES string of the molecule is CCOC(=O)CNC(=O)C1CCCCCCSS1. The molecule has 1 N–H and O–H groups in total. The topological polar surface area (TPSA) is 55.4 Å². The number of nitrogens with one attached hydrogen (secondary N) is 1. The molecule has 1 aliphatic rings. The van der Waals surface area contributed by atoms with Crippen LogP contribution in [-0.4, -0.2) is 36.0 Å². The summed E-state index contributed by atoms with van der Waals surface area (Å²) in [6.07, 6.45) is 5.67. The van der Waals surface area contributed by atoms with Crippen molar-refractivity contribution >= 4 is 33.5 Å². The molecule has 1 amide bonds. The van der Waals surface area contributed by atoms with Gasteiger partial charge in [0.25, 0.3) is 0 Å². The zero-order valence-electron chi connectivity index (χ0n) is 10.8. The average molecular weight is 291 g/mol. The summed E-state index contributed by atoms with van der Waals surface area (Å²) in [6.45, 7) is 2.08. The second kappa shape index (κ2) is 9.55. The highest BCUT2D eigenvalue weighted by atomic mass is 33.1. The van der Waals surface area contributed by atoms with Crippen LogP contribution in [0.3, 0.4) is 0 Å². The third-order valence-corrected chi connectivity index (χ3v) is 5.51. The number of rotatable bonds is 4. The Morgan fingerprint density at radius 1 is 1.28 bits per heavy atom. The Labute approximate surface area is 116 Å². The van der Waals surface area contributed by atoms with Crippen LogP contribution in [0.1, 0.15) is 39.0 Å². The molecule has 0 saturated carbocycles. The number of carbonyl (C=O) groups excluding carboxylic acids is 2. The van der Waals surface area contributed by atoms with Crippen molar-refractivity contribution < 1.29 is 14.3 Å². The summed E-state index contributed by atoms with van der Waals surface area (Å²) in [4.78, 5) is 23.1. The van der Waals surface area contributed by atoms with E-state index in [-0.39, 0.29) is 23.7 Å². The molecule has 0 bridgehead atoms. The van der Waals surface area contributed by atoms with Gasteiger partial charge in [0.2, 0.25) is 5.91 Å². The first-order chi connectivity index (χ1) is 8.74. The van der Waals surface area contributed by atoms with Crippen molar-refractivity contribution in [3.05, 3.63) is 0 Å². The normalized spacial score (nSPS) is 21.3. The Morgan fingerprint density at radius 3 is 2.83 bits per heavy atom. The second-order valence-electron chi connectivity index (χ2n) is 4.13. The maximum absolute atomic E-state index is 11.9. The van der Waals surface area contributed by atoms with Crippen LogP contribution < -0.4 is 5.32 Å². The van der Waals surface area contributed by atoms with Crippen LogP contribution in [0.2, 0.25) is 0 Å². The second-order valence-corrected chi connectivity index (χ2v) is 6.82. The minimum atomic E-state index is -0.369. The Bertz CT molecular complexity index is 264. The standard InChI is InChI=1S/C12H21NO3S2/c1-2-16-11(14)9-13-12(15)10-7-5-3-4-6-8-17-18-10/h10H,2-9H2,1H3,(H,13,15). The highest BCUT2D eigenvalue weighted by Gasteiger charge is 2.20. The van der Waals surface area contributed by atoms with Crippen molar-refractivity contribution in [2.24, 2.45) is 0 Å². The van der Waals surface area contributed by atoms with E-state index in [1.807, 2.05) is 0 Å². The molecule has 1 heterocycles. The fourth-order valence-electron chi connectivity index (χ4n) is 1.68. The van der Waals surface area contributed by atoms with Crippen molar-refractivity contribution in [2.75, 3.05) is 18.9 Å². The third-order valence-electron chi connectivity index (χ3n) is 2.63. The summed E-state index contributed by atoms with van der Waals surface area (Å²) in [6, 6.07) is 0. The van der Waals surface area contributed by atoms with E-state index >= 15 is 0 Å². The minimum Gasteiger partial charge on any atom is -0.465 e. The number of hydrogen-bond acceptors (Lipinski definition) is 5. The number of hydrogen-bond donors (Lipinski definition) is 1. The zero-order valence-corrected chi connectivity index (χ0v) is 12.4. The van der Waals surface area contributed by atoms with Gasteiger partial charge in [0.15, 0.2) is 0 Å². The van der Waals surface area contributed by atoms with E-state index in [9.17, 15) is 9.59 Å². The Morgan fingerprint density at radius 2 is 2.06 bits per heavy atom. The fraction of sp³-hybridized carbons (Fsp3) is 0.833. The van der Waals surface area contributed by atoms with Crippen molar-refractivity contribution in [2.45, 2.75) is 44.3 Å². The van der Waals surface area contributed by atoms with Gasteiger partial charge in [-0.1, -0.05) is 40.9 Å². The summed E-state index contributed by atoms with van der Waals surface area (Å²) in [7, 11) is 3.40. The van der Waals surface area contributed by atoms with E-state index in [0.29, 0.717) is 6.61 Å². The molecular weight excluding hydrogens is 270 g/mol. The molecule has 104 valence electrons. The molecule has 0 radical (unpaired) electrons. The van der Waals surface area contributed by atoms with Gasteiger partial charge in [0.1, 0.15) is 6.54 Å². The van der Waals surface area contributed by atoms with Crippen LogP contribution in [0, 0.1) is 0 Å². The van der Waals surface area contributed by atoms with Crippen molar-refractivity contribution in [1.29, 1.82) is 0 Å². The molecule has 18 heavy (non-hydrogen) atoms. The van der Waals surface area contributed by atoms with E-state index in [2.05, 4.69) is 5.32 Å². The predicted molar refractivity (Wildman–Crippen MR) is 76.6 cm³/mol. The van der Waals surface area contributed by atoms with E-state index in [1.54, 1.807) is 28.5 Å². The molecule has 1 unspecified atom stereocenters. The molecular formula is C12H21NO3S2. The van der Waals surface area contributed by atoms with E-state index in [4.69, 9.17) is 4.74 Å². The lowest BCUT2D eigenvalue weighted by Gasteiger charge is -2.14. The van der Waals surface area contributed by atoms with Crippen LogP contribution >= 0.6 is 21.6 Å². The van der Waals surface area contributed by atoms with Gasteiger partial charge in [-0.15, -0.1) is 0 Å². The highest BCUT2D eigenvalue weighted by Crippen LogP contribution is 2.32. The summed E-state index contributed by atoms with van der Waals surface area (Å²) < 4.78 is 4.78. The smallest absolute Gasteiger partial charge is 0.325 e. The molecule has 0 aromatic heterocycles. The summed E-state index contributed by atoms with van der Waals surface area (Å²) in [5.74, 6) is 0.695. The largest absolute Gasteiger partial charge is 0.465 e. The number of esters is 1. The molecule has 1 aliphatic heterocycles. The van der Waals surface area contributed by atoms with Crippen LogP contribution in [0.15, 0.2) is 0 Å². The molecule has 0 aliphatic carbocycles. The van der Waals surface area contributed by atoms with Crippen molar-refractivity contribution in [1.82, 2.24) is 5.32 Å². The van der Waals surface area contributed by atoms with Crippen LogP contribution in [0.25, 0.3) is 0 Å². The summed E-state index contributed by atoms with van der Waals surface area (Å²) >= 11 is 0. The van der Waals surface area contributed by atoms with E-state index in [1.165, 1.54) is 19.3 Å². The zero-order chi connectivity index (χ0) is 13.2. The molecule has 0 aromatic rings.